The van der Waals surface area contributed by atoms with Crippen LogP contribution in [-0.4, -0.2) is 5.78 Å². The summed E-state index contributed by atoms with van der Waals surface area (Å²) in [5.74, 6) is -0.602. The molecule has 0 saturated carbocycles. The Morgan fingerprint density at radius 3 is 2.28 bits per heavy atom. The highest BCUT2D eigenvalue weighted by Crippen LogP contribution is 2.18. The van der Waals surface area contributed by atoms with Gasteiger partial charge in [0.1, 0.15) is 5.82 Å². The molecular weight excluding hydrogens is 274 g/mol. The van der Waals surface area contributed by atoms with Gasteiger partial charge in [0, 0.05) is 22.0 Å². The van der Waals surface area contributed by atoms with Crippen LogP contribution in [0.5, 0.6) is 0 Å². The van der Waals surface area contributed by atoms with Crippen LogP contribution in [0.1, 0.15) is 15.9 Å². The van der Waals surface area contributed by atoms with Gasteiger partial charge in [-0.05, 0) is 48.0 Å². The lowest BCUT2D eigenvalue weighted by Gasteiger charge is -2.04. The number of halogens is 3. The molecule has 0 N–H and O–H groups in total. The fourth-order valence-electron chi connectivity index (χ4n) is 1.59. The van der Waals surface area contributed by atoms with E-state index in [2.05, 4.69) is 0 Å². The molecule has 0 heterocycles. The van der Waals surface area contributed by atoms with Crippen molar-refractivity contribution in [2.24, 2.45) is 0 Å². The molecule has 0 amide bonds. The maximum atomic E-state index is 13.5. The van der Waals surface area contributed by atoms with E-state index in [0.29, 0.717) is 21.2 Å². The molecule has 1 nitrogen and oxygen atoms in total. The van der Waals surface area contributed by atoms with Gasteiger partial charge in [-0.25, -0.2) is 4.39 Å². The number of carbonyl (C=O) groups excluding carboxylic acids is 1. The fourth-order valence-corrected chi connectivity index (χ4v) is 1.91. The Morgan fingerprint density at radius 1 is 1.00 bits per heavy atom. The summed E-state index contributed by atoms with van der Waals surface area (Å²) in [6.07, 6.45) is -0.0198. The highest BCUT2D eigenvalue weighted by molar-refractivity contribution is 6.31. The number of hydrogen-bond acceptors (Lipinski definition) is 1. The quantitative estimate of drug-likeness (QED) is 0.755. The molecule has 2 aromatic carbocycles. The average Bonchev–Trinajstić information content (AvgIpc) is 2.34. The highest BCUT2D eigenvalue weighted by Gasteiger charge is 2.11. The third kappa shape index (κ3) is 3.09. The third-order valence-corrected chi connectivity index (χ3v) is 3.01. The van der Waals surface area contributed by atoms with Crippen LogP contribution in [0, 0.1) is 5.82 Å². The van der Waals surface area contributed by atoms with Crippen LogP contribution in [0.25, 0.3) is 0 Å². The Kier molecular flexibility index (Phi) is 4.00. The SMILES string of the molecule is O=C(Cc1cc(Cl)ccc1F)c1ccc(Cl)cc1. The fraction of sp³-hybridized carbons (Fsp3) is 0.0714. The van der Waals surface area contributed by atoms with Crippen molar-refractivity contribution in [2.45, 2.75) is 6.42 Å². The second-order valence-electron chi connectivity index (χ2n) is 3.84. The molecule has 0 aliphatic heterocycles. The molecule has 92 valence electrons. The highest BCUT2D eigenvalue weighted by atomic mass is 35.5. The van der Waals surface area contributed by atoms with Gasteiger partial charge >= 0.3 is 0 Å². The summed E-state index contributed by atoms with van der Waals surface area (Å²) in [5.41, 5.74) is 0.793. The number of hydrogen-bond donors (Lipinski definition) is 0. The van der Waals surface area contributed by atoms with Crippen molar-refractivity contribution >= 4 is 29.0 Å². The second kappa shape index (κ2) is 5.51. The van der Waals surface area contributed by atoms with Gasteiger partial charge in [0.25, 0.3) is 0 Å². The zero-order valence-corrected chi connectivity index (χ0v) is 10.8. The van der Waals surface area contributed by atoms with Crippen molar-refractivity contribution < 1.29 is 9.18 Å². The lowest BCUT2D eigenvalue weighted by Crippen LogP contribution is -2.05. The molecule has 0 aliphatic carbocycles. The predicted octanol–water partition coefficient (Wildman–Crippen LogP) is 4.56. The van der Waals surface area contributed by atoms with Crippen molar-refractivity contribution in [3.63, 3.8) is 0 Å². The van der Waals surface area contributed by atoms with Crippen LogP contribution in [0.3, 0.4) is 0 Å². The minimum atomic E-state index is -0.429. The Morgan fingerprint density at radius 2 is 1.61 bits per heavy atom. The van der Waals surface area contributed by atoms with Crippen molar-refractivity contribution in [3.05, 3.63) is 69.5 Å². The molecule has 2 aromatic rings. The van der Waals surface area contributed by atoms with Crippen LogP contribution in [0.4, 0.5) is 4.39 Å². The first-order valence-corrected chi connectivity index (χ1v) is 6.04. The van der Waals surface area contributed by atoms with Crippen LogP contribution < -0.4 is 0 Å². The van der Waals surface area contributed by atoms with Crippen molar-refractivity contribution in [1.82, 2.24) is 0 Å². The smallest absolute Gasteiger partial charge is 0.167 e. The van der Waals surface area contributed by atoms with Crippen molar-refractivity contribution in [1.29, 1.82) is 0 Å². The molecule has 0 spiro atoms. The van der Waals surface area contributed by atoms with Gasteiger partial charge in [-0.3, -0.25) is 4.79 Å². The van der Waals surface area contributed by atoms with E-state index in [4.69, 9.17) is 23.2 Å². The molecule has 0 radical (unpaired) electrons. The van der Waals surface area contributed by atoms with Crippen molar-refractivity contribution in [3.8, 4) is 0 Å². The topological polar surface area (TPSA) is 17.1 Å². The third-order valence-electron chi connectivity index (χ3n) is 2.52. The summed E-state index contributed by atoms with van der Waals surface area (Å²) in [4.78, 5) is 11.9. The van der Waals surface area contributed by atoms with Gasteiger partial charge in [-0.15, -0.1) is 0 Å². The van der Waals surface area contributed by atoms with Crippen LogP contribution >= 0.6 is 23.2 Å². The van der Waals surface area contributed by atoms with Crippen LogP contribution in [0.15, 0.2) is 42.5 Å². The zero-order valence-electron chi connectivity index (χ0n) is 9.29. The Hall–Kier alpha value is -1.38. The van der Waals surface area contributed by atoms with Gasteiger partial charge in [0.15, 0.2) is 5.78 Å². The van der Waals surface area contributed by atoms with E-state index in [0.717, 1.165) is 0 Å². The molecule has 4 heteroatoms. The second-order valence-corrected chi connectivity index (χ2v) is 4.72. The number of ketones is 1. The van der Waals surface area contributed by atoms with E-state index < -0.39 is 5.82 Å². The molecule has 0 atom stereocenters. The van der Waals surface area contributed by atoms with E-state index in [9.17, 15) is 9.18 Å². The summed E-state index contributed by atoms with van der Waals surface area (Å²) < 4.78 is 13.5. The normalized spacial score (nSPS) is 10.4. The van der Waals surface area contributed by atoms with Gasteiger partial charge < -0.3 is 0 Å². The number of benzene rings is 2. The van der Waals surface area contributed by atoms with Crippen molar-refractivity contribution in [2.75, 3.05) is 0 Å². The maximum Gasteiger partial charge on any atom is 0.167 e. The molecule has 0 aromatic heterocycles. The van der Waals surface area contributed by atoms with Crippen LogP contribution in [-0.2, 0) is 6.42 Å². The molecule has 2 rings (SSSR count). The van der Waals surface area contributed by atoms with E-state index in [-0.39, 0.29) is 12.2 Å². The minimum absolute atomic E-state index is 0.0198. The average molecular weight is 283 g/mol. The summed E-state index contributed by atoms with van der Waals surface area (Å²) in [6, 6.07) is 10.7. The van der Waals surface area contributed by atoms with Gasteiger partial charge in [0.05, 0.1) is 0 Å². The number of rotatable bonds is 3. The van der Waals surface area contributed by atoms with Crippen LogP contribution in [0.2, 0.25) is 10.0 Å². The largest absolute Gasteiger partial charge is 0.294 e. The summed E-state index contributed by atoms with van der Waals surface area (Å²) in [7, 11) is 0. The number of carbonyl (C=O) groups is 1. The molecule has 18 heavy (non-hydrogen) atoms. The Balaban J connectivity index is 2.21. The van der Waals surface area contributed by atoms with Gasteiger partial charge in [-0.2, -0.15) is 0 Å². The minimum Gasteiger partial charge on any atom is -0.294 e. The molecule has 0 aliphatic rings. The van der Waals surface area contributed by atoms with E-state index in [1.807, 2.05) is 0 Å². The van der Waals surface area contributed by atoms with E-state index >= 15 is 0 Å². The predicted molar refractivity (Wildman–Crippen MR) is 70.9 cm³/mol. The zero-order chi connectivity index (χ0) is 13.1. The lowest BCUT2D eigenvalue weighted by atomic mass is 10.0. The Labute approximate surface area is 114 Å². The first-order valence-electron chi connectivity index (χ1n) is 5.29. The first-order chi connectivity index (χ1) is 8.56. The lowest BCUT2D eigenvalue weighted by molar-refractivity contribution is 0.0992. The summed E-state index contributed by atoms with van der Waals surface area (Å²) in [5, 5.41) is 0.968. The summed E-state index contributed by atoms with van der Waals surface area (Å²) >= 11 is 11.5. The van der Waals surface area contributed by atoms with Gasteiger partial charge in [0.2, 0.25) is 0 Å². The molecule has 0 saturated heterocycles. The monoisotopic (exact) mass is 282 g/mol. The molecule has 0 unspecified atom stereocenters. The first kappa shape index (κ1) is 13.1. The number of Topliss-reactive ketones (excluding diaryl/α,β-unsaturated/α-hetero) is 1. The van der Waals surface area contributed by atoms with E-state index in [1.54, 1.807) is 24.3 Å². The molecule has 0 fully saturated rings. The maximum absolute atomic E-state index is 13.5. The van der Waals surface area contributed by atoms with Gasteiger partial charge in [-0.1, -0.05) is 23.2 Å². The standard InChI is InChI=1S/C14H9Cl2FO/c15-11-3-1-9(2-4-11)14(18)8-10-7-12(16)5-6-13(10)17/h1-7H,8H2. The van der Waals surface area contributed by atoms with E-state index in [1.165, 1.54) is 18.2 Å². The molecular formula is C14H9Cl2FO. The summed E-state index contributed by atoms with van der Waals surface area (Å²) in [6.45, 7) is 0. The molecule has 0 bridgehead atoms. The Bertz CT molecular complexity index is 579.